The van der Waals surface area contributed by atoms with Crippen LogP contribution in [0.1, 0.15) is 12.0 Å². The number of nitrogens with zero attached hydrogens (tertiary/aromatic N) is 1. The number of carbonyl (C=O) groups is 1. The van der Waals surface area contributed by atoms with E-state index in [1.807, 2.05) is 0 Å². The smallest absolute Gasteiger partial charge is 0.314 e. The monoisotopic (exact) mass is 209 g/mol. The minimum absolute atomic E-state index is 0.0538. The van der Waals surface area contributed by atoms with E-state index in [9.17, 15) is 14.9 Å². The molecule has 0 spiro atoms. The molecule has 0 saturated carbocycles. The van der Waals surface area contributed by atoms with Crippen molar-refractivity contribution in [1.82, 2.24) is 0 Å². The standard InChI is InChI=1S/C10H11NO4/c1-15-9-6-2-4-8(5-3-7-12)10(9)11(13)14/h2,4,6-7H,3,5H2,1H3. The SMILES string of the molecule is COc1cccc(CCC=O)c1[N+](=O)[O-]. The molecule has 0 N–H and O–H groups in total. The third-order valence-electron chi connectivity index (χ3n) is 2.02. The fourth-order valence-electron chi connectivity index (χ4n) is 1.36. The van der Waals surface area contributed by atoms with Crippen molar-refractivity contribution in [2.24, 2.45) is 0 Å². The first-order chi connectivity index (χ1) is 7.20. The number of para-hydroxylation sites is 1. The third kappa shape index (κ3) is 2.52. The number of ether oxygens (including phenoxy) is 1. The van der Waals surface area contributed by atoms with Crippen molar-refractivity contribution < 1.29 is 14.5 Å². The summed E-state index contributed by atoms with van der Waals surface area (Å²) in [5.41, 5.74) is 0.466. The number of rotatable bonds is 5. The van der Waals surface area contributed by atoms with Gasteiger partial charge in [-0.2, -0.15) is 0 Å². The average Bonchev–Trinajstić information content (AvgIpc) is 2.25. The molecule has 0 atom stereocenters. The second-order valence-corrected chi connectivity index (χ2v) is 2.93. The number of nitro benzene ring substituents is 1. The highest BCUT2D eigenvalue weighted by molar-refractivity contribution is 5.56. The van der Waals surface area contributed by atoms with Crippen LogP contribution in [0.25, 0.3) is 0 Å². The predicted octanol–water partition coefficient (Wildman–Crippen LogP) is 1.73. The van der Waals surface area contributed by atoms with E-state index in [0.29, 0.717) is 12.0 Å². The van der Waals surface area contributed by atoms with Crippen molar-refractivity contribution in [2.75, 3.05) is 7.11 Å². The Morgan fingerprint density at radius 2 is 2.27 bits per heavy atom. The summed E-state index contributed by atoms with van der Waals surface area (Å²) in [6.45, 7) is 0. The molecule has 0 unspecified atom stereocenters. The van der Waals surface area contributed by atoms with Crippen molar-refractivity contribution in [3.05, 3.63) is 33.9 Å². The molecule has 5 heteroatoms. The quantitative estimate of drug-likeness (QED) is 0.420. The number of carbonyl (C=O) groups excluding carboxylic acids is 1. The zero-order chi connectivity index (χ0) is 11.3. The topological polar surface area (TPSA) is 69.4 Å². The molecule has 0 aliphatic carbocycles. The van der Waals surface area contributed by atoms with Crippen molar-refractivity contribution in [2.45, 2.75) is 12.8 Å². The van der Waals surface area contributed by atoms with E-state index >= 15 is 0 Å². The normalized spacial score (nSPS) is 9.67. The van der Waals surface area contributed by atoms with E-state index in [1.165, 1.54) is 13.2 Å². The highest BCUT2D eigenvalue weighted by atomic mass is 16.6. The van der Waals surface area contributed by atoms with E-state index < -0.39 is 4.92 Å². The second-order valence-electron chi connectivity index (χ2n) is 2.93. The van der Waals surface area contributed by atoms with Crippen LogP contribution in [-0.2, 0) is 11.2 Å². The molecule has 1 rings (SSSR count). The van der Waals surface area contributed by atoms with Crippen molar-refractivity contribution in [1.29, 1.82) is 0 Å². The fourth-order valence-corrected chi connectivity index (χ4v) is 1.36. The summed E-state index contributed by atoms with van der Waals surface area (Å²) in [4.78, 5) is 20.5. The van der Waals surface area contributed by atoms with Gasteiger partial charge in [0.15, 0.2) is 5.75 Å². The lowest BCUT2D eigenvalue weighted by molar-refractivity contribution is -0.386. The lowest BCUT2D eigenvalue weighted by Crippen LogP contribution is -1.99. The van der Waals surface area contributed by atoms with Gasteiger partial charge in [-0.1, -0.05) is 12.1 Å². The molecule has 0 amide bonds. The number of methoxy groups -OCH3 is 1. The van der Waals surface area contributed by atoms with Gasteiger partial charge in [0.05, 0.1) is 12.0 Å². The van der Waals surface area contributed by atoms with Crippen LogP contribution in [0, 0.1) is 10.1 Å². The Morgan fingerprint density at radius 1 is 1.53 bits per heavy atom. The molecule has 0 aliphatic heterocycles. The number of aldehydes is 1. The Bertz CT molecular complexity index is 376. The minimum atomic E-state index is -0.487. The average molecular weight is 209 g/mol. The summed E-state index contributed by atoms with van der Waals surface area (Å²) in [5, 5.41) is 10.8. The zero-order valence-electron chi connectivity index (χ0n) is 8.30. The number of hydrogen-bond donors (Lipinski definition) is 0. The van der Waals surface area contributed by atoms with Crippen LogP contribution in [0.2, 0.25) is 0 Å². The number of hydrogen-bond acceptors (Lipinski definition) is 4. The zero-order valence-corrected chi connectivity index (χ0v) is 8.30. The Hall–Kier alpha value is -1.91. The van der Waals surface area contributed by atoms with Crippen LogP contribution in [0.3, 0.4) is 0 Å². The van der Waals surface area contributed by atoms with Gasteiger partial charge in [0.1, 0.15) is 6.29 Å². The molecule has 15 heavy (non-hydrogen) atoms. The third-order valence-corrected chi connectivity index (χ3v) is 2.02. The molecule has 0 bridgehead atoms. The van der Waals surface area contributed by atoms with Gasteiger partial charge in [0, 0.05) is 12.0 Å². The van der Waals surface area contributed by atoms with Gasteiger partial charge < -0.3 is 9.53 Å². The highest BCUT2D eigenvalue weighted by Crippen LogP contribution is 2.30. The lowest BCUT2D eigenvalue weighted by atomic mass is 10.1. The summed E-state index contributed by atoms with van der Waals surface area (Å²) in [7, 11) is 1.38. The number of nitro groups is 1. The van der Waals surface area contributed by atoms with Gasteiger partial charge in [-0.15, -0.1) is 0 Å². The molecule has 0 fully saturated rings. The maximum absolute atomic E-state index is 10.8. The summed E-state index contributed by atoms with van der Waals surface area (Å²) < 4.78 is 4.90. The summed E-state index contributed by atoms with van der Waals surface area (Å²) in [6, 6.07) is 4.83. The van der Waals surface area contributed by atoms with Crippen LogP contribution in [0.4, 0.5) is 5.69 Å². The largest absolute Gasteiger partial charge is 0.490 e. The molecule has 0 radical (unpaired) electrons. The maximum atomic E-state index is 10.8. The highest BCUT2D eigenvalue weighted by Gasteiger charge is 2.19. The molecule has 80 valence electrons. The van der Waals surface area contributed by atoms with E-state index in [2.05, 4.69) is 0 Å². The van der Waals surface area contributed by atoms with Gasteiger partial charge in [-0.25, -0.2) is 0 Å². The van der Waals surface area contributed by atoms with E-state index in [-0.39, 0.29) is 17.9 Å². The summed E-state index contributed by atoms with van der Waals surface area (Å²) in [6.07, 6.45) is 1.37. The second kappa shape index (κ2) is 5.09. The van der Waals surface area contributed by atoms with Crippen LogP contribution in [0.15, 0.2) is 18.2 Å². The van der Waals surface area contributed by atoms with Crippen LogP contribution in [-0.4, -0.2) is 18.3 Å². The van der Waals surface area contributed by atoms with Crippen LogP contribution < -0.4 is 4.74 Å². The predicted molar refractivity (Wildman–Crippen MR) is 54.0 cm³/mol. The van der Waals surface area contributed by atoms with E-state index in [4.69, 9.17) is 4.74 Å². The van der Waals surface area contributed by atoms with Gasteiger partial charge >= 0.3 is 5.69 Å². The first-order valence-corrected chi connectivity index (χ1v) is 4.44. The lowest BCUT2D eigenvalue weighted by Gasteiger charge is -2.05. The Balaban J connectivity index is 3.12. The number of aryl methyl sites for hydroxylation is 1. The fraction of sp³-hybridized carbons (Fsp3) is 0.300. The minimum Gasteiger partial charge on any atom is -0.490 e. The molecule has 1 aromatic carbocycles. The summed E-state index contributed by atoms with van der Waals surface area (Å²) >= 11 is 0. The van der Waals surface area contributed by atoms with E-state index in [0.717, 1.165) is 6.29 Å². The van der Waals surface area contributed by atoms with Crippen LogP contribution in [0.5, 0.6) is 5.75 Å². The van der Waals surface area contributed by atoms with Gasteiger partial charge in [-0.05, 0) is 12.5 Å². The first kappa shape index (κ1) is 11.2. The molecule has 0 saturated heterocycles. The maximum Gasteiger partial charge on any atom is 0.314 e. The van der Waals surface area contributed by atoms with Crippen LogP contribution >= 0.6 is 0 Å². The molecular weight excluding hydrogens is 198 g/mol. The molecule has 0 aromatic heterocycles. The number of benzene rings is 1. The molecule has 1 aromatic rings. The van der Waals surface area contributed by atoms with Gasteiger partial charge in [0.25, 0.3) is 0 Å². The van der Waals surface area contributed by atoms with E-state index in [1.54, 1.807) is 12.1 Å². The Labute approximate surface area is 86.8 Å². The molecule has 0 heterocycles. The van der Waals surface area contributed by atoms with Gasteiger partial charge in [0.2, 0.25) is 0 Å². The summed E-state index contributed by atoms with van der Waals surface area (Å²) in [5.74, 6) is 0.225. The Kier molecular flexibility index (Phi) is 3.79. The molecule has 0 aliphatic rings. The van der Waals surface area contributed by atoms with Crippen molar-refractivity contribution in [3.63, 3.8) is 0 Å². The molecular formula is C10H11NO4. The van der Waals surface area contributed by atoms with Crippen molar-refractivity contribution in [3.8, 4) is 5.75 Å². The Morgan fingerprint density at radius 3 is 2.80 bits per heavy atom. The first-order valence-electron chi connectivity index (χ1n) is 4.44. The van der Waals surface area contributed by atoms with Gasteiger partial charge in [-0.3, -0.25) is 10.1 Å². The molecule has 5 nitrogen and oxygen atoms in total. The van der Waals surface area contributed by atoms with Crippen molar-refractivity contribution >= 4 is 12.0 Å².